The van der Waals surface area contributed by atoms with Crippen molar-refractivity contribution in [3.63, 3.8) is 0 Å². The van der Waals surface area contributed by atoms with Gasteiger partial charge in [-0.3, -0.25) is 14.6 Å². The van der Waals surface area contributed by atoms with E-state index >= 15 is 0 Å². The molecule has 312 valence electrons. The highest BCUT2D eigenvalue weighted by Crippen LogP contribution is 2.49. The molecule has 1 spiro atoms. The predicted octanol–water partition coefficient (Wildman–Crippen LogP) is 9.75. The Bertz CT molecular complexity index is 2120. The van der Waals surface area contributed by atoms with Gasteiger partial charge in [-0.1, -0.05) is 72.8 Å². The monoisotopic (exact) mass is 823 g/mol. The van der Waals surface area contributed by atoms with Crippen molar-refractivity contribution in [3.8, 4) is 5.75 Å². The zero-order valence-electron chi connectivity index (χ0n) is 32.4. The zero-order chi connectivity index (χ0) is 42.2. The lowest BCUT2D eigenvalue weighted by Gasteiger charge is -2.53. The van der Waals surface area contributed by atoms with Gasteiger partial charge in [-0.2, -0.15) is 26.3 Å². The summed E-state index contributed by atoms with van der Waals surface area (Å²) in [4.78, 5) is 48.0. The van der Waals surface area contributed by atoms with E-state index in [0.717, 1.165) is 12.8 Å². The topological polar surface area (TPSA) is 88.6 Å². The van der Waals surface area contributed by atoms with Crippen molar-refractivity contribution in [2.24, 2.45) is 5.92 Å². The lowest BCUT2D eigenvalue weighted by Crippen LogP contribution is -2.68. The third-order valence-electron chi connectivity index (χ3n) is 11.5. The molecular weight excluding hydrogens is 780 g/mol. The molecule has 4 aromatic rings. The van der Waals surface area contributed by atoms with E-state index < -0.39 is 65.3 Å². The maximum Gasteiger partial charge on any atom is 0.416 e. The minimum absolute atomic E-state index is 0.0110. The molecule has 3 fully saturated rings. The molecule has 2 saturated heterocycles. The van der Waals surface area contributed by atoms with Gasteiger partial charge in [0.25, 0.3) is 5.91 Å². The number of imide groups is 1. The zero-order valence-corrected chi connectivity index (χ0v) is 32.4. The van der Waals surface area contributed by atoms with E-state index in [2.05, 4.69) is 0 Å². The highest BCUT2D eigenvalue weighted by molar-refractivity contribution is 6.07. The van der Waals surface area contributed by atoms with E-state index in [1.807, 2.05) is 0 Å². The summed E-state index contributed by atoms with van der Waals surface area (Å²) in [5.74, 6) is 0.251. The lowest BCUT2D eigenvalue weighted by atomic mass is 9.74. The number of halogens is 6. The van der Waals surface area contributed by atoms with Crippen LogP contribution >= 0.6 is 0 Å². The van der Waals surface area contributed by atoms with Gasteiger partial charge >= 0.3 is 24.5 Å². The van der Waals surface area contributed by atoms with E-state index in [1.165, 1.54) is 23.8 Å². The molecule has 2 aliphatic heterocycles. The summed E-state index contributed by atoms with van der Waals surface area (Å²) in [6.45, 7) is 0.685. The van der Waals surface area contributed by atoms with Crippen LogP contribution in [0.4, 0.5) is 35.9 Å². The number of hydrogen-bond acceptors (Lipinski definition) is 6. The Hall–Kier alpha value is -5.57. The molecular formula is C44H43F6N3O6. The lowest BCUT2D eigenvalue weighted by molar-refractivity contribution is -0.144. The fraction of sp³-hybridized carbons (Fsp3) is 0.386. The molecule has 7 rings (SSSR count). The number of urea groups is 1. The average molecular weight is 824 g/mol. The van der Waals surface area contributed by atoms with Crippen LogP contribution in [-0.4, -0.2) is 65.1 Å². The Kier molecular flexibility index (Phi) is 11.4. The van der Waals surface area contributed by atoms with Crippen LogP contribution in [0.25, 0.3) is 0 Å². The number of amides is 4. The molecule has 9 nitrogen and oxygen atoms in total. The largest absolute Gasteiger partial charge is 0.497 e. The first-order valence-electron chi connectivity index (χ1n) is 19.3. The van der Waals surface area contributed by atoms with Crippen molar-refractivity contribution in [1.82, 2.24) is 14.7 Å². The van der Waals surface area contributed by atoms with Crippen LogP contribution in [0.2, 0.25) is 0 Å². The SMILES string of the molecule is COc1ccc(CN2C(=O)N(CC3CC3)C3(CC[C@@](CO[C@H](C)c4cc(C(F)(F)F)cc(C(F)(F)F)c4)(c4ccccc4)N(C(=O)OCc4ccccc4)C3)C2=O)cc1. The number of hydrogen-bond donors (Lipinski definition) is 0. The second kappa shape index (κ2) is 16.2. The molecule has 0 radical (unpaired) electrons. The maximum atomic E-state index is 14.8. The third-order valence-corrected chi connectivity index (χ3v) is 11.5. The number of piperidine rings is 1. The Morgan fingerprint density at radius 3 is 2.00 bits per heavy atom. The summed E-state index contributed by atoms with van der Waals surface area (Å²) in [7, 11) is 1.53. The van der Waals surface area contributed by atoms with Crippen LogP contribution < -0.4 is 4.74 Å². The summed E-state index contributed by atoms with van der Waals surface area (Å²) in [6, 6.07) is 25.3. The van der Waals surface area contributed by atoms with Gasteiger partial charge in [0.2, 0.25) is 0 Å². The number of alkyl halides is 6. The second-order valence-electron chi connectivity index (χ2n) is 15.4. The van der Waals surface area contributed by atoms with Gasteiger partial charge in [-0.05, 0) is 91.1 Å². The Labute approximate surface area is 337 Å². The highest BCUT2D eigenvalue weighted by atomic mass is 19.4. The van der Waals surface area contributed by atoms with Crippen LogP contribution in [0.5, 0.6) is 5.75 Å². The van der Waals surface area contributed by atoms with Gasteiger partial charge in [-0.15, -0.1) is 0 Å². The number of methoxy groups -OCH3 is 1. The number of carbonyl (C=O) groups is 3. The first-order valence-corrected chi connectivity index (χ1v) is 19.3. The molecule has 1 aliphatic carbocycles. The molecule has 0 N–H and O–H groups in total. The van der Waals surface area contributed by atoms with Crippen LogP contribution in [0.3, 0.4) is 0 Å². The number of ether oxygens (including phenoxy) is 3. The fourth-order valence-electron chi connectivity index (χ4n) is 7.97. The molecule has 59 heavy (non-hydrogen) atoms. The average Bonchev–Trinajstić information content (AvgIpc) is 4.04. The van der Waals surface area contributed by atoms with Crippen LogP contribution in [0.1, 0.15) is 72.1 Å². The molecule has 1 unspecified atom stereocenters. The number of carbonyl (C=O) groups excluding carboxylic acids is 3. The summed E-state index contributed by atoms with van der Waals surface area (Å²) < 4.78 is 101. The number of benzene rings is 4. The van der Waals surface area contributed by atoms with Crippen molar-refractivity contribution in [1.29, 1.82) is 0 Å². The van der Waals surface area contributed by atoms with Gasteiger partial charge in [0, 0.05) is 6.54 Å². The van der Waals surface area contributed by atoms with Crippen molar-refractivity contribution < 1.29 is 54.9 Å². The quantitative estimate of drug-likeness (QED) is 0.105. The fourth-order valence-corrected chi connectivity index (χ4v) is 7.97. The minimum atomic E-state index is -5.07. The van der Waals surface area contributed by atoms with Gasteiger partial charge in [0.1, 0.15) is 17.9 Å². The Morgan fingerprint density at radius 1 is 0.814 bits per heavy atom. The molecule has 4 amide bonds. The van der Waals surface area contributed by atoms with Crippen LogP contribution in [0, 0.1) is 5.92 Å². The van der Waals surface area contributed by atoms with E-state index in [0.29, 0.717) is 34.6 Å². The van der Waals surface area contributed by atoms with E-state index in [9.17, 15) is 40.7 Å². The molecule has 0 bridgehead atoms. The maximum absolute atomic E-state index is 14.8. The van der Waals surface area contributed by atoms with Crippen molar-refractivity contribution in [2.75, 3.05) is 26.8 Å². The smallest absolute Gasteiger partial charge is 0.416 e. The van der Waals surface area contributed by atoms with E-state index in [4.69, 9.17) is 14.2 Å². The Balaban J connectivity index is 1.28. The van der Waals surface area contributed by atoms with Crippen molar-refractivity contribution in [3.05, 3.63) is 137 Å². The predicted molar refractivity (Wildman–Crippen MR) is 203 cm³/mol. The van der Waals surface area contributed by atoms with Gasteiger partial charge in [-0.25, -0.2) is 9.59 Å². The summed E-state index contributed by atoms with van der Waals surface area (Å²) in [6.07, 6.45) is -10.5. The molecule has 4 aromatic carbocycles. The highest BCUT2D eigenvalue weighted by Gasteiger charge is 2.64. The summed E-state index contributed by atoms with van der Waals surface area (Å²) >= 11 is 0. The summed E-state index contributed by atoms with van der Waals surface area (Å²) in [5, 5.41) is 0. The minimum Gasteiger partial charge on any atom is -0.497 e. The molecule has 3 atom stereocenters. The number of rotatable bonds is 12. The molecule has 2 heterocycles. The third kappa shape index (κ3) is 8.61. The molecule has 3 aliphatic rings. The first-order chi connectivity index (χ1) is 28.0. The van der Waals surface area contributed by atoms with Crippen molar-refractivity contribution >= 4 is 18.0 Å². The molecule has 0 aromatic heterocycles. The molecule has 1 saturated carbocycles. The van der Waals surface area contributed by atoms with Gasteiger partial charge < -0.3 is 19.1 Å². The number of likely N-dealkylation sites (tertiary alicyclic amines) is 1. The van der Waals surface area contributed by atoms with Crippen molar-refractivity contribution in [2.45, 2.75) is 75.3 Å². The standard InChI is InChI=1S/C44H43F6N3O6/c1-29(33-21-35(43(45,46)47)23-36(22-33)44(48,49)50)59-28-42(34-11-7-4-8-12-34)20-19-41(27-53(42)40(56)58-26-32-9-5-3-6-10-32)38(54)51(39(55)52(41)25-31-13-14-31)24-30-15-17-37(57-2)18-16-30/h3-12,15-18,21-23,29,31H,13-14,19-20,24-28H2,1-2H3/t29-,41?,42-/m1/s1. The normalized spacial score (nSPS) is 21.6. The second-order valence-corrected chi connectivity index (χ2v) is 15.4. The van der Waals surface area contributed by atoms with Gasteiger partial charge in [0.05, 0.1) is 49.6 Å². The molecule has 15 heteroatoms. The van der Waals surface area contributed by atoms with Crippen LogP contribution in [0.15, 0.2) is 103 Å². The van der Waals surface area contributed by atoms with E-state index in [1.54, 1.807) is 89.8 Å². The Morgan fingerprint density at radius 2 is 1.42 bits per heavy atom. The van der Waals surface area contributed by atoms with Crippen LogP contribution in [-0.2, 0) is 45.3 Å². The van der Waals surface area contributed by atoms with E-state index in [-0.39, 0.29) is 56.6 Å². The number of nitrogens with zero attached hydrogens (tertiary/aromatic N) is 3. The van der Waals surface area contributed by atoms with Gasteiger partial charge in [0.15, 0.2) is 0 Å². The first kappa shape index (κ1) is 41.6. The summed E-state index contributed by atoms with van der Waals surface area (Å²) in [5.41, 5.74) is -4.45.